The molecule has 1 N–H and O–H groups in total. The number of para-hydroxylation sites is 1. The minimum Gasteiger partial charge on any atom is -0.354 e. The van der Waals surface area contributed by atoms with E-state index in [1.807, 2.05) is 44.2 Å². The Morgan fingerprint density at radius 3 is 2.89 bits per heavy atom. The van der Waals surface area contributed by atoms with Gasteiger partial charge in [0.25, 0.3) is 5.56 Å². The van der Waals surface area contributed by atoms with Gasteiger partial charge in [-0.05, 0) is 25.5 Å². The smallest absolute Gasteiger partial charge is 0.265 e. The van der Waals surface area contributed by atoms with Crippen molar-refractivity contribution in [2.75, 3.05) is 5.75 Å². The van der Waals surface area contributed by atoms with E-state index in [1.165, 1.54) is 11.8 Å². The Bertz CT molecular complexity index is 1040. The summed E-state index contributed by atoms with van der Waals surface area (Å²) in [6, 6.07) is 9.57. The molecule has 0 saturated heterocycles. The molecular formula is C19H21N5O2S. The van der Waals surface area contributed by atoms with Crippen LogP contribution in [-0.4, -0.2) is 37.0 Å². The lowest BCUT2D eigenvalue weighted by Crippen LogP contribution is -2.35. The topological polar surface area (TPSA) is 81.8 Å². The van der Waals surface area contributed by atoms with Crippen molar-refractivity contribution in [1.82, 2.24) is 24.6 Å². The summed E-state index contributed by atoms with van der Waals surface area (Å²) in [6.07, 6.45) is 2.72. The maximum atomic E-state index is 13.1. The number of nitrogens with zero attached hydrogens (tertiary/aromatic N) is 4. The molecule has 0 fully saturated rings. The van der Waals surface area contributed by atoms with Crippen LogP contribution in [0, 0.1) is 0 Å². The van der Waals surface area contributed by atoms with Gasteiger partial charge in [0.1, 0.15) is 5.39 Å². The molecule has 3 heterocycles. The minimum absolute atomic E-state index is 0.0326. The Hall–Kier alpha value is -2.61. The van der Waals surface area contributed by atoms with Crippen molar-refractivity contribution in [2.45, 2.75) is 43.9 Å². The predicted octanol–water partition coefficient (Wildman–Crippen LogP) is 2.53. The minimum atomic E-state index is -0.182. The maximum absolute atomic E-state index is 13.1. The average Bonchev–Trinajstić information content (AvgIpc) is 3.27. The van der Waals surface area contributed by atoms with Crippen LogP contribution in [0.25, 0.3) is 16.7 Å². The van der Waals surface area contributed by atoms with Gasteiger partial charge in [-0.3, -0.25) is 14.2 Å². The second-order valence-corrected chi connectivity index (χ2v) is 7.73. The van der Waals surface area contributed by atoms with E-state index in [2.05, 4.69) is 15.4 Å². The van der Waals surface area contributed by atoms with E-state index in [4.69, 9.17) is 0 Å². The van der Waals surface area contributed by atoms with Gasteiger partial charge in [-0.1, -0.05) is 36.9 Å². The van der Waals surface area contributed by atoms with Gasteiger partial charge >= 0.3 is 0 Å². The van der Waals surface area contributed by atoms with Crippen LogP contribution in [0.2, 0.25) is 0 Å². The Kier molecular flexibility index (Phi) is 4.73. The third kappa shape index (κ3) is 3.25. The molecule has 3 aromatic rings. The van der Waals surface area contributed by atoms with Crippen molar-refractivity contribution in [3.63, 3.8) is 0 Å². The lowest BCUT2D eigenvalue weighted by molar-refractivity contribution is -0.122. The van der Waals surface area contributed by atoms with Gasteiger partial charge in [-0.25, -0.2) is 9.67 Å². The SMILES string of the molecule is CCC(C)NC(=O)CC1CSc2nc3c(cnn3-c3ccccc3)c(=O)n21. The summed E-state index contributed by atoms with van der Waals surface area (Å²) in [6.45, 7) is 4.01. The number of hydrogen-bond acceptors (Lipinski definition) is 5. The van der Waals surface area contributed by atoms with Gasteiger partial charge in [0.05, 0.1) is 17.9 Å². The van der Waals surface area contributed by atoms with Gasteiger partial charge in [-0.2, -0.15) is 5.10 Å². The summed E-state index contributed by atoms with van der Waals surface area (Å²) in [5, 5.41) is 8.44. The van der Waals surface area contributed by atoms with Crippen molar-refractivity contribution in [1.29, 1.82) is 0 Å². The second kappa shape index (κ2) is 7.19. The first kappa shape index (κ1) is 17.8. The number of aromatic nitrogens is 4. The van der Waals surface area contributed by atoms with E-state index < -0.39 is 0 Å². The number of amides is 1. The van der Waals surface area contributed by atoms with Gasteiger partial charge in [-0.15, -0.1) is 0 Å². The Morgan fingerprint density at radius 1 is 1.37 bits per heavy atom. The zero-order valence-corrected chi connectivity index (χ0v) is 16.1. The van der Waals surface area contributed by atoms with Crippen LogP contribution in [0.1, 0.15) is 32.7 Å². The van der Waals surface area contributed by atoms with Crippen LogP contribution >= 0.6 is 11.8 Å². The van der Waals surface area contributed by atoms with Crippen molar-refractivity contribution in [2.24, 2.45) is 0 Å². The number of thioether (sulfide) groups is 1. The molecule has 2 atom stereocenters. The maximum Gasteiger partial charge on any atom is 0.265 e. The van der Waals surface area contributed by atoms with Gasteiger partial charge < -0.3 is 5.32 Å². The van der Waals surface area contributed by atoms with E-state index in [0.29, 0.717) is 21.9 Å². The number of nitrogens with one attached hydrogen (secondary N) is 1. The highest BCUT2D eigenvalue weighted by Gasteiger charge is 2.29. The zero-order chi connectivity index (χ0) is 19.0. The molecule has 0 bridgehead atoms. The molecule has 7 nitrogen and oxygen atoms in total. The Morgan fingerprint density at radius 2 is 2.15 bits per heavy atom. The normalized spacial score (nSPS) is 17.0. The molecular weight excluding hydrogens is 362 g/mol. The van der Waals surface area contributed by atoms with Gasteiger partial charge in [0.15, 0.2) is 10.8 Å². The van der Waals surface area contributed by atoms with E-state index >= 15 is 0 Å². The molecule has 140 valence electrons. The molecule has 1 aliphatic heterocycles. The molecule has 1 amide bonds. The molecule has 4 rings (SSSR count). The number of carbonyl (C=O) groups is 1. The molecule has 1 aromatic carbocycles. The number of benzene rings is 1. The Balaban J connectivity index is 1.69. The lowest BCUT2D eigenvalue weighted by Gasteiger charge is -2.16. The summed E-state index contributed by atoms with van der Waals surface area (Å²) >= 11 is 1.51. The first-order valence-electron chi connectivity index (χ1n) is 9.06. The molecule has 0 saturated carbocycles. The molecule has 27 heavy (non-hydrogen) atoms. The largest absolute Gasteiger partial charge is 0.354 e. The standard InChI is InChI=1S/C19H21N5O2S/c1-3-12(2)21-16(25)9-14-11-27-19-22-17-15(18(26)23(14)19)10-20-24(17)13-7-5-4-6-8-13/h4-8,10,12,14H,3,9,11H2,1-2H3,(H,21,25). The quantitative estimate of drug-likeness (QED) is 0.685. The number of carbonyl (C=O) groups excluding carboxylic acids is 1. The second-order valence-electron chi connectivity index (χ2n) is 6.74. The fourth-order valence-corrected chi connectivity index (χ4v) is 4.32. The van der Waals surface area contributed by atoms with Crippen molar-refractivity contribution < 1.29 is 4.79 Å². The summed E-state index contributed by atoms with van der Waals surface area (Å²) in [5.74, 6) is 0.636. The van der Waals surface area contributed by atoms with Crippen LogP contribution in [0.15, 0.2) is 46.5 Å². The molecule has 2 aromatic heterocycles. The summed E-state index contributed by atoms with van der Waals surface area (Å²) in [5.41, 5.74) is 1.27. The predicted molar refractivity (Wildman–Crippen MR) is 105 cm³/mol. The third-order valence-corrected chi connectivity index (χ3v) is 5.91. The first-order chi connectivity index (χ1) is 13.1. The van der Waals surface area contributed by atoms with Crippen LogP contribution < -0.4 is 10.9 Å². The van der Waals surface area contributed by atoms with Crippen LogP contribution in [0.4, 0.5) is 0 Å². The van der Waals surface area contributed by atoms with E-state index in [9.17, 15) is 9.59 Å². The average molecular weight is 383 g/mol. The van der Waals surface area contributed by atoms with Crippen molar-refractivity contribution in [3.8, 4) is 5.69 Å². The van der Waals surface area contributed by atoms with Crippen LogP contribution in [-0.2, 0) is 4.79 Å². The molecule has 0 radical (unpaired) electrons. The molecule has 0 aliphatic carbocycles. The van der Waals surface area contributed by atoms with Gasteiger partial charge in [0, 0.05) is 18.2 Å². The number of rotatable bonds is 5. The number of hydrogen-bond donors (Lipinski definition) is 1. The molecule has 0 spiro atoms. The van der Waals surface area contributed by atoms with Crippen LogP contribution in [0.5, 0.6) is 0 Å². The fourth-order valence-electron chi connectivity index (χ4n) is 3.19. The lowest BCUT2D eigenvalue weighted by atomic mass is 10.2. The summed E-state index contributed by atoms with van der Waals surface area (Å²) in [4.78, 5) is 30.0. The molecule has 8 heteroatoms. The summed E-state index contributed by atoms with van der Waals surface area (Å²) in [7, 11) is 0. The van der Waals surface area contributed by atoms with E-state index in [-0.39, 0.29) is 30.0 Å². The Labute approximate surface area is 160 Å². The van der Waals surface area contributed by atoms with E-state index in [1.54, 1.807) is 15.4 Å². The van der Waals surface area contributed by atoms with Crippen LogP contribution in [0.3, 0.4) is 0 Å². The number of fused-ring (bicyclic) bond motifs is 2. The first-order valence-corrected chi connectivity index (χ1v) is 10.0. The summed E-state index contributed by atoms with van der Waals surface area (Å²) < 4.78 is 3.33. The third-order valence-electron chi connectivity index (χ3n) is 4.81. The van der Waals surface area contributed by atoms with E-state index in [0.717, 1.165) is 12.1 Å². The highest BCUT2D eigenvalue weighted by molar-refractivity contribution is 7.99. The van der Waals surface area contributed by atoms with Crippen molar-refractivity contribution >= 4 is 28.7 Å². The molecule has 1 aliphatic rings. The fraction of sp³-hybridized carbons (Fsp3) is 0.368. The van der Waals surface area contributed by atoms with Crippen molar-refractivity contribution in [3.05, 3.63) is 46.9 Å². The monoisotopic (exact) mass is 383 g/mol. The molecule has 2 unspecified atom stereocenters. The zero-order valence-electron chi connectivity index (χ0n) is 15.3. The highest BCUT2D eigenvalue weighted by Crippen LogP contribution is 2.33. The highest BCUT2D eigenvalue weighted by atomic mass is 32.2. The van der Waals surface area contributed by atoms with Gasteiger partial charge in [0.2, 0.25) is 5.91 Å².